The van der Waals surface area contributed by atoms with Crippen LogP contribution in [-0.4, -0.2) is 46.4 Å². The Morgan fingerprint density at radius 3 is 1.97 bits per heavy atom. The smallest absolute Gasteiger partial charge is 0.311 e. The van der Waals surface area contributed by atoms with Crippen LogP contribution in [0.15, 0.2) is 36.4 Å². The summed E-state index contributed by atoms with van der Waals surface area (Å²) < 4.78 is 26.2. The van der Waals surface area contributed by atoms with E-state index in [2.05, 4.69) is 5.32 Å². The number of carbonyl (C=O) groups excluding carboxylic acids is 2. The van der Waals surface area contributed by atoms with E-state index in [0.29, 0.717) is 29.4 Å². The minimum atomic E-state index is -0.933. The third-order valence-corrected chi connectivity index (χ3v) is 4.38. The predicted molar refractivity (Wildman–Crippen MR) is 110 cm³/mol. The molecule has 1 N–H and O–H groups in total. The SMILES string of the molecule is COc1ccc(CNC(=O)[C@@H](C)OC(=O)Cc2cc(OC)c(OC)c(OC)c2)cc1. The van der Waals surface area contributed by atoms with Gasteiger partial charge in [-0.25, -0.2) is 0 Å². The Balaban J connectivity index is 1.92. The van der Waals surface area contributed by atoms with Crippen molar-refractivity contribution in [3.8, 4) is 23.0 Å². The largest absolute Gasteiger partial charge is 0.497 e. The van der Waals surface area contributed by atoms with Crippen LogP contribution in [-0.2, 0) is 27.3 Å². The fourth-order valence-electron chi connectivity index (χ4n) is 2.77. The molecular formula is C22H27NO7. The van der Waals surface area contributed by atoms with Gasteiger partial charge in [0.2, 0.25) is 5.75 Å². The Labute approximate surface area is 176 Å². The topological polar surface area (TPSA) is 92.3 Å². The van der Waals surface area contributed by atoms with Crippen molar-refractivity contribution < 1.29 is 33.3 Å². The van der Waals surface area contributed by atoms with E-state index in [1.807, 2.05) is 24.3 Å². The van der Waals surface area contributed by atoms with Gasteiger partial charge in [-0.3, -0.25) is 9.59 Å². The highest BCUT2D eigenvalue weighted by Gasteiger charge is 2.20. The van der Waals surface area contributed by atoms with Gasteiger partial charge < -0.3 is 29.0 Å². The van der Waals surface area contributed by atoms with Crippen LogP contribution in [0, 0.1) is 0 Å². The molecule has 1 amide bonds. The number of esters is 1. The molecule has 0 heterocycles. The van der Waals surface area contributed by atoms with Gasteiger partial charge in [0.15, 0.2) is 17.6 Å². The zero-order valence-electron chi connectivity index (χ0n) is 17.8. The van der Waals surface area contributed by atoms with Crippen LogP contribution in [0.5, 0.6) is 23.0 Å². The van der Waals surface area contributed by atoms with Gasteiger partial charge in [0.05, 0.1) is 34.9 Å². The molecule has 0 saturated carbocycles. The molecule has 1 atom stereocenters. The number of hydrogen-bond donors (Lipinski definition) is 1. The minimum Gasteiger partial charge on any atom is -0.497 e. The lowest BCUT2D eigenvalue weighted by Crippen LogP contribution is -2.35. The number of carbonyl (C=O) groups is 2. The van der Waals surface area contributed by atoms with E-state index < -0.39 is 12.1 Å². The molecule has 8 nitrogen and oxygen atoms in total. The van der Waals surface area contributed by atoms with Crippen molar-refractivity contribution in [1.29, 1.82) is 0 Å². The summed E-state index contributed by atoms with van der Waals surface area (Å²) in [5, 5.41) is 2.74. The molecule has 0 spiro atoms. The van der Waals surface area contributed by atoms with E-state index >= 15 is 0 Å². The van der Waals surface area contributed by atoms with Gasteiger partial charge in [0, 0.05) is 6.54 Å². The van der Waals surface area contributed by atoms with Crippen molar-refractivity contribution in [3.05, 3.63) is 47.5 Å². The van der Waals surface area contributed by atoms with Gasteiger partial charge in [-0.2, -0.15) is 0 Å². The highest BCUT2D eigenvalue weighted by atomic mass is 16.5. The fraction of sp³-hybridized carbons (Fsp3) is 0.364. The standard InChI is InChI=1S/C22H27NO7/c1-14(22(25)23-13-15-6-8-17(26-2)9-7-15)30-20(24)12-16-10-18(27-3)21(29-5)19(11-16)28-4/h6-11,14H,12-13H2,1-5H3,(H,23,25)/t14-/m1/s1. The molecule has 8 heteroatoms. The van der Waals surface area contributed by atoms with E-state index in [9.17, 15) is 9.59 Å². The van der Waals surface area contributed by atoms with Crippen molar-refractivity contribution in [1.82, 2.24) is 5.32 Å². The van der Waals surface area contributed by atoms with Crippen molar-refractivity contribution in [2.24, 2.45) is 0 Å². The number of rotatable bonds is 10. The maximum Gasteiger partial charge on any atom is 0.311 e. The van der Waals surface area contributed by atoms with Crippen LogP contribution in [0.2, 0.25) is 0 Å². The first-order valence-corrected chi connectivity index (χ1v) is 9.30. The van der Waals surface area contributed by atoms with Crippen LogP contribution in [0.25, 0.3) is 0 Å². The second-order valence-corrected chi connectivity index (χ2v) is 6.41. The number of ether oxygens (including phenoxy) is 5. The van der Waals surface area contributed by atoms with Gasteiger partial charge in [-0.05, 0) is 42.3 Å². The predicted octanol–water partition coefficient (Wildman–Crippen LogP) is 2.51. The van der Waals surface area contributed by atoms with Gasteiger partial charge in [0.1, 0.15) is 5.75 Å². The molecule has 0 fully saturated rings. The zero-order chi connectivity index (χ0) is 22.1. The quantitative estimate of drug-likeness (QED) is 0.594. The molecule has 0 unspecified atom stereocenters. The summed E-state index contributed by atoms with van der Waals surface area (Å²) in [6.45, 7) is 1.84. The average Bonchev–Trinajstić information content (AvgIpc) is 2.76. The molecule has 0 aliphatic carbocycles. The van der Waals surface area contributed by atoms with Gasteiger partial charge in [-0.1, -0.05) is 12.1 Å². The van der Waals surface area contributed by atoms with E-state index in [1.165, 1.54) is 28.3 Å². The third kappa shape index (κ3) is 6.04. The van der Waals surface area contributed by atoms with Crippen LogP contribution >= 0.6 is 0 Å². The molecule has 0 saturated heterocycles. The van der Waals surface area contributed by atoms with E-state index in [1.54, 1.807) is 19.2 Å². The highest BCUT2D eigenvalue weighted by Crippen LogP contribution is 2.38. The summed E-state index contributed by atoms with van der Waals surface area (Å²) in [6, 6.07) is 10.6. The number of amides is 1. The Bertz CT molecular complexity index is 839. The van der Waals surface area contributed by atoms with Crippen LogP contribution in [0.3, 0.4) is 0 Å². The lowest BCUT2D eigenvalue weighted by Gasteiger charge is -2.16. The molecule has 2 aromatic carbocycles. The van der Waals surface area contributed by atoms with E-state index in [0.717, 1.165) is 11.3 Å². The van der Waals surface area contributed by atoms with Crippen LogP contribution in [0.1, 0.15) is 18.1 Å². The lowest BCUT2D eigenvalue weighted by molar-refractivity contribution is -0.154. The number of hydrogen-bond acceptors (Lipinski definition) is 7. The fourth-order valence-corrected chi connectivity index (χ4v) is 2.77. The molecule has 0 aliphatic rings. The Morgan fingerprint density at radius 2 is 1.47 bits per heavy atom. The molecule has 0 radical (unpaired) electrons. The minimum absolute atomic E-state index is 0.0488. The summed E-state index contributed by atoms with van der Waals surface area (Å²) in [5.41, 5.74) is 1.51. The molecule has 162 valence electrons. The summed E-state index contributed by atoms with van der Waals surface area (Å²) in [7, 11) is 6.08. The van der Waals surface area contributed by atoms with Crippen LogP contribution < -0.4 is 24.3 Å². The summed E-state index contributed by atoms with van der Waals surface area (Å²) in [5.74, 6) is 1.11. The van der Waals surface area contributed by atoms with E-state index in [4.69, 9.17) is 23.7 Å². The Kier molecular flexibility index (Phi) is 8.34. The molecule has 0 bridgehead atoms. The molecule has 0 aliphatic heterocycles. The second-order valence-electron chi connectivity index (χ2n) is 6.41. The molecule has 2 rings (SSSR count). The molecule has 30 heavy (non-hydrogen) atoms. The molecular weight excluding hydrogens is 390 g/mol. The average molecular weight is 417 g/mol. The van der Waals surface area contributed by atoms with Crippen molar-refractivity contribution in [3.63, 3.8) is 0 Å². The van der Waals surface area contributed by atoms with Gasteiger partial charge in [0.25, 0.3) is 5.91 Å². The number of benzene rings is 2. The van der Waals surface area contributed by atoms with E-state index in [-0.39, 0.29) is 12.3 Å². The van der Waals surface area contributed by atoms with Crippen molar-refractivity contribution >= 4 is 11.9 Å². The monoisotopic (exact) mass is 417 g/mol. The number of methoxy groups -OCH3 is 4. The summed E-state index contributed by atoms with van der Waals surface area (Å²) in [6.07, 6.45) is -0.981. The maximum atomic E-state index is 12.3. The first-order valence-electron chi connectivity index (χ1n) is 9.30. The first-order chi connectivity index (χ1) is 14.4. The molecule has 2 aromatic rings. The van der Waals surface area contributed by atoms with Crippen molar-refractivity contribution in [2.75, 3.05) is 28.4 Å². The normalized spacial score (nSPS) is 11.2. The second kappa shape index (κ2) is 10.9. The van der Waals surface area contributed by atoms with Crippen molar-refractivity contribution in [2.45, 2.75) is 26.0 Å². The third-order valence-electron chi connectivity index (χ3n) is 4.38. The maximum absolute atomic E-state index is 12.3. The zero-order valence-corrected chi connectivity index (χ0v) is 17.8. The van der Waals surface area contributed by atoms with Gasteiger partial charge >= 0.3 is 5.97 Å². The first kappa shape index (κ1) is 22.9. The number of nitrogens with one attached hydrogen (secondary N) is 1. The lowest BCUT2D eigenvalue weighted by atomic mass is 10.1. The molecule has 0 aromatic heterocycles. The summed E-state index contributed by atoms with van der Waals surface area (Å²) >= 11 is 0. The Hall–Kier alpha value is -3.42. The summed E-state index contributed by atoms with van der Waals surface area (Å²) in [4.78, 5) is 24.5. The Morgan fingerprint density at radius 1 is 0.867 bits per heavy atom. The highest BCUT2D eigenvalue weighted by molar-refractivity contribution is 5.84. The van der Waals surface area contributed by atoms with Gasteiger partial charge in [-0.15, -0.1) is 0 Å². The van der Waals surface area contributed by atoms with Crippen LogP contribution in [0.4, 0.5) is 0 Å².